The molecule has 3 rings (SSSR count). The van der Waals surface area contributed by atoms with Gasteiger partial charge in [-0.3, -0.25) is 10.1 Å². The van der Waals surface area contributed by atoms with E-state index in [4.69, 9.17) is 21.1 Å². The van der Waals surface area contributed by atoms with Gasteiger partial charge in [0.1, 0.15) is 0 Å². The molecule has 0 unspecified atom stereocenters. The van der Waals surface area contributed by atoms with E-state index in [1.165, 1.54) is 18.4 Å². The van der Waals surface area contributed by atoms with Gasteiger partial charge in [0.15, 0.2) is 10.9 Å². The Morgan fingerprint density at radius 3 is 2.70 bits per heavy atom. The molecule has 0 atom stereocenters. The van der Waals surface area contributed by atoms with Crippen LogP contribution in [0.5, 0.6) is 0 Å². The third-order valence-corrected chi connectivity index (χ3v) is 4.00. The van der Waals surface area contributed by atoms with Gasteiger partial charge in [0.05, 0.1) is 17.7 Å². The van der Waals surface area contributed by atoms with E-state index >= 15 is 0 Å². The molecule has 0 amide bonds. The van der Waals surface area contributed by atoms with Crippen molar-refractivity contribution >= 4 is 28.7 Å². The van der Waals surface area contributed by atoms with Gasteiger partial charge in [-0.2, -0.15) is 0 Å². The lowest BCUT2D eigenvalue weighted by molar-refractivity contribution is -0.384. The first-order valence-electron chi connectivity index (χ1n) is 8.23. The molecule has 0 aliphatic heterocycles. The molecule has 0 saturated heterocycles. The standard InChI is InChI=1S/C17H17N5O4S/c1-2-9-21(11-15-19-20-16(26-15)14-4-3-10-25-14)17(27)18-12-5-7-13(8-6-12)22(23)24/h3-8,10H,2,9,11H2,1H3,(H,18,27). The zero-order valence-electron chi connectivity index (χ0n) is 14.5. The van der Waals surface area contributed by atoms with Gasteiger partial charge in [-0.15, -0.1) is 10.2 Å². The van der Waals surface area contributed by atoms with Crippen LogP contribution in [0, 0.1) is 10.1 Å². The highest BCUT2D eigenvalue weighted by Crippen LogP contribution is 2.19. The first-order valence-corrected chi connectivity index (χ1v) is 8.64. The first-order chi connectivity index (χ1) is 13.1. The molecule has 140 valence electrons. The molecule has 0 bridgehead atoms. The molecule has 1 aromatic carbocycles. The molecule has 3 aromatic rings. The van der Waals surface area contributed by atoms with Crippen molar-refractivity contribution in [3.8, 4) is 11.7 Å². The molecule has 0 fully saturated rings. The Bertz CT molecular complexity index is 908. The highest BCUT2D eigenvalue weighted by molar-refractivity contribution is 7.80. The fraction of sp³-hybridized carbons (Fsp3) is 0.235. The van der Waals surface area contributed by atoms with Gasteiger partial charge < -0.3 is 19.1 Å². The van der Waals surface area contributed by atoms with E-state index in [0.717, 1.165) is 6.42 Å². The van der Waals surface area contributed by atoms with Crippen molar-refractivity contribution in [1.82, 2.24) is 15.1 Å². The second kappa shape index (κ2) is 8.41. The summed E-state index contributed by atoms with van der Waals surface area (Å²) in [6.07, 6.45) is 2.40. The normalized spacial score (nSPS) is 10.6. The van der Waals surface area contributed by atoms with Crippen LogP contribution in [0.1, 0.15) is 19.2 Å². The second-order valence-electron chi connectivity index (χ2n) is 5.63. The second-order valence-corrected chi connectivity index (χ2v) is 6.02. The molecule has 0 aliphatic carbocycles. The number of furan rings is 1. The summed E-state index contributed by atoms with van der Waals surface area (Å²) >= 11 is 5.47. The number of aromatic nitrogens is 2. The van der Waals surface area contributed by atoms with Gasteiger partial charge in [-0.25, -0.2) is 0 Å². The maximum absolute atomic E-state index is 10.7. The number of nitro groups is 1. The number of nitrogens with one attached hydrogen (secondary N) is 1. The molecule has 10 heteroatoms. The number of benzene rings is 1. The summed E-state index contributed by atoms with van der Waals surface area (Å²) in [6, 6.07) is 9.53. The van der Waals surface area contributed by atoms with Crippen LogP contribution in [0.25, 0.3) is 11.7 Å². The van der Waals surface area contributed by atoms with Crippen molar-refractivity contribution in [1.29, 1.82) is 0 Å². The van der Waals surface area contributed by atoms with Gasteiger partial charge in [0, 0.05) is 24.4 Å². The molecule has 2 aromatic heterocycles. The Hall–Kier alpha value is -3.27. The molecular weight excluding hydrogens is 370 g/mol. The predicted octanol–water partition coefficient (Wildman–Crippen LogP) is 3.85. The zero-order chi connectivity index (χ0) is 19.2. The Morgan fingerprint density at radius 1 is 1.30 bits per heavy atom. The number of hydrogen-bond donors (Lipinski definition) is 1. The third kappa shape index (κ3) is 4.67. The maximum atomic E-state index is 10.7. The molecule has 0 radical (unpaired) electrons. The number of hydrogen-bond acceptors (Lipinski definition) is 7. The van der Waals surface area contributed by atoms with Gasteiger partial charge >= 0.3 is 0 Å². The van der Waals surface area contributed by atoms with Crippen molar-refractivity contribution < 1.29 is 13.8 Å². The minimum atomic E-state index is -0.447. The van der Waals surface area contributed by atoms with E-state index in [1.54, 1.807) is 24.3 Å². The molecular formula is C17H17N5O4S. The van der Waals surface area contributed by atoms with E-state index < -0.39 is 4.92 Å². The number of rotatable bonds is 7. The molecule has 0 aliphatic rings. The van der Waals surface area contributed by atoms with E-state index in [9.17, 15) is 10.1 Å². The number of nitro benzene ring substituents is 1. The van der Waals surface area contributed by atoms with Crippen molar-refractivity contribution in [3.05, 3.63) is 58.7 Å². The van der Waals surface area contributed by atoms with Crippen LogP contribution in [0.3, 0.4) is 0 Å². The Morgan fingerprint density at radius 2 is 2.07 bits per heavy atom. The van der Waals surface area contributed by atoms with Gasteiger partial charge in [-0.05, 0) is 42.9 Å². The summed E-state index contributed by atoms with van der Waals surface area (Å²) in [4.78, 5) is 12.2. The van der Waals surface area contributed by atoms with Crippen molar-refractivity contribution in [2.75, 3.05) is 11.9 Å². The lowest BCUT2D eigenvalue weighted by Gasteiger charge is -2.23. The smallest absolute Gasteiger partial charge is 0.283 e. The maximum Gasteiger partial charge on any atom is 0.283 e. The van der Waals surface area contributed by atoms with Crippen LogP contribution in [-0.4, -0.2) is 31.7 Å². The van der Waals surface area contributed by atoms with Crippen molar-refractivity contribution in [3.63, 3.8) is 0 Å². The summed E-state index contributed by atoms with van der Waals surface area (Å²) in [7, 11) is 0. The molecule has 27 heavy (non-hydrogen) atoms. The summed E-state index contributed by atoms with van der Waals surface area (Å²) in [5, 5.41) is 22.3. The van der Waals surface area contributed by atoms with Crippen LogP contribution < -0.4 is 5.32 Å². The third-order valence-electron chi connectivity index (χ3n) is 3.64. The summed E-state index contributed by atoms with van der Waals surface area (Å²) in [6.45, 7) is 3.04. The number of anilines is 1. The van der Waals surface area contributed by atoms with Crippen LogP contribution >= 0.6 is 12.2 Å². The van der Waals surface area contributed by atoms with Crippen LogP contribution in [0.15, 0.2) is 51.5 Å². The van der Waals surface area contributed by atoms with Crippen molar-refractivity contribution in [2.45, 2.75) is 19.9 Å². The highest BCUT2D eigenvalue weighted by Gasteiger charge is 2.16. The minimum Gasteiger partial charge on any atom is -0.459 e. The predicted molar refractivity (Wildman–Crippen MR) is 102 cm³/mol. The summed E-state index contributed by atoms with van der Waals surface area (Å²) < 4.78 is 10.9. The van der Waals surface area contributed by atoms with E-state index in [0.29, 0.717) is 41.4 Å². The quantitative estimate of drug-likeness (QED) is 0.367. The minimum absolute atomic E-state index is 0.0215. The number of non-ortho nitro benzene ring substituents is 1. The lowest BCUT2D eigenvalue weighted by atomic mass is 10.3. The SMILES string of the molecule is CCCN(Cc1nnc(-c2ccco2)o1)C(=S)Nc1ccc([N+](=O)[O-])cc1. The number of nitrogens with zero attached hydrogens (tertiary/aromatic N) is 4. The molecule has 1 N–H and O–H groups in total. The van der Waals surface area contributed by atoms with Gasteiger partial charge in [-0.1, -0.05) is 6.92 Å². The van der Waals surface area contributed by atoms with E-state index in [2.05, 4.69) is 15.5 Å². The average Bonchev–Trinajstić information content (AvgIpc) is 3.33. The van der Waals surface area contributed by atoms with Crippen LogP contribution in [-0.2, 0) is 6.54 Å². The largest absolute Gasteiger partial charge is 0.459 e. The molecule has 0 saturated carbocycles. The Balaban J connectivity index is 1.67. The van der Waals surface area contributed by atoms with Crippen LogP contribution in [0.4, 0.5) is 11.4 Å². The van der Waals surface area contributed by atoms with Gasteiger partial charge in [0.25, 0.3) is 11.6 Å². The van der Waals surface area contributed by atoms with E-state index in [-0.39, 0.29) is 5.69 Å². The first kappa shape index (κ1) is 18.5. The monoisotopic (exact) mass is 387 g/mol. The molecule has 9 nitrogen and oxygen atoms in total. The number of thiocarbonyl (C=S) groups is 1. The Kier molecular flexibility index (Phi) is 5.77. The zero-order valence-corrected chi connectivity index (χ0v) is 15.3. The summed E-state index contributed by atoms with van der Waals surface area (Å²) in [5.41, 5.74) is 0.682. The topological polar surface area (TPSA) is 110 Å². The van der Waals surface area contributed by atoms with Gasteiger partial charge in [0.2, 0.25) is 5.89 Å². The summed E-state index contributed by atoms with van der Waals surface area (Å²) in [5.74, 6) is 1.21. The van der Waals surface area contributed by atoms with E-state index in [1.807, 2.05) is 11.8 Å². The van der Waals surface area contributed by atoms with Crippen molar-refractivity contribution in [2.24, 2.45) is 0 Å². The lowest BCUT2D eigenvalue weighted by Crippen LogP contribution is -2.35. The van der Waals surface area contributed by atoms with Crippen LogP contribution in [0.2, 0.25) is 0 Å². The highest BCUT2D eigenvalue weighted by atomic mass is 32.1. The Labute approximate surface area is 160 Å². The fourth-order valence-corrected chi connectivity index (χ4v) is 2.65. The average molecular weight is 387 g/mol. The fourth-order valence-electron chi connectivity index (χ4n) is 2.37. The molecule has 2 heterocycles. The molecule has 0 spiro atoms.